The second-order valence-electron chi connectivity index (χ2n) is 6.71. The van der Waals surface area contributed by atoms with Crippen molar-refractivity contribution < 1.29 is 18.7 Å². The summed E-state index contributed by atoms with van der Waals surface area (Å²) < 4.78 is 24.8. The lowest BCUT2D eigenvalue weighted by Gasteiger charge is -2.20. The third-order valence-electron chi connectivity index (χ3n) is 3.26. The zero-order valence-corrected chi connectivity index (χ0v) is 14.9. The van der Waals surface area contributed by atoms with Crippen LogP contribution in [0.25, 0.3) is 11.2 Å². The van der Waals surface area contributed by atoms with Gasteiger partial charge in [0.25, 0.3) is 5.56 Å². The summed E-state index contributed by atoms with van der Waals surface area (Å²) >= 11 is 0. The molecule has 2 heterocycles. The van der Waals surface area contributed by atoms with Crippen LogP contribution >= 0.6 is 0 Å². The quantitative estimate of drug-likeness (QED) is 0.732. The number of H-pyrrole nitrogens is 1. The van der Waals surface area contributed by atoms with Gasteiger partial charge >= 0.3 is 6.09 Å². The molecule has 9 heteroatoms. The molecule has 0 aliphatic carbocycles. The molecule has 0 aliphatic heterocycles. The highest BCUT2D eigenvalue weighted by Gasteiger charge is 2.17. The van der Waals surface area contributed by atoms with Gasteiger partial charge in [-0.1, -0.05) is 0 Å². The number of ether oxygens (including phenoxy) is 2. The van der Waals surface area contributed by atoms with Crippen molar-refractivity contribution >= 4 is 17.3 Å². The number of carbonyl (C=O) groups excluding carboxylic acids is 1. The van der Waals surface area contributed by atoms with Gasteiger partial charge in [0.15, 0.2) is 23.0 Å². The van der Waals surface area contributed by atoms with E-state index in [0.717, 1.165) is 12.3 Å². The van der Waals surface area contributed by atoms with Crippen LogP contribution in [0, 0.1) is 5.82 Å². The van der Waals surface area contributed by atoms with E-state index in [0.29, 0.717) is 0 Å². The molecule has 1 aromatic carbocycles. The number of nitrogens with one attached hydrogen (secondary N) is 2. The largest absolute Gasteiger partial charge is 0.455 e. The maximum atomic E-state index is 14.3. The molecule has 140 valence electrons. The zero-order valence-electron chi connectivity index (χ0n) is 14.9. The summed E-state index contributed by atoms with van der Waals surface area (Å²) in [6.07, 6.45) is 1.79. The number of rotatable bonds is 3. The number of aromatic amines is 1. The first-order chi connectivity index (χ1) is 12.7. The molecule has 1 amide bonds. The zero-order chi connectivity index (χ0) is 19.6. The molecule has 0 fully saturated rings. The van der Waals surface area contributed by atoms with Crippen LogP contribution in [-0.4, -0.2) is 26.6 Å². The molecule has 2 N–H and O–H groups in total. The highest BCUT2D eigenvalue weighted by atomic mass is 19.1. The predicted molar refractivity (Wildman–Crippen MR) is 95.5 cm³/mol. The fourth-order valence-electron chi connectivity index (χ4n) is 2.20. The van der Waals surface area contributed by atoms with E-state index in [1.807, 2.05) is 0 Å². The summed E-state index contributed by atoms with van der Waals surface area (Å²) in [5.41, 5.74) is -0.356. The first kappa shape index (κ1) is 18.3. The second-order valence-corrected chi connectivity index (χ2v) is 6.71. The average molecular weight is 372 g/mol. The topological polar surface area (TPSA) is 106 Å². The lowest BCUT2D eigenvalue weighted by Crippen LogP contribution is -2.42. The van der Waals surface area contributed by atoms with E-state index >= 15 is 0 Å². The Balaban J connectivity index is 1.82. The SMILES string of the molecule is CC(C)(C)NC(=O)Oc1ccc(Oc2ccnc3ncc(=O)[nH]c23)cc1F. The minimum absolute atomic E-state index is 0.147. The third kappa shape index (κ3) is 4.57. The molecule has 27 heavy (non-hydrogen) atoms. The summed E-state index contributed by atoms with van der Waals surface area (Å²) in [6, 6.07) is 5.29. The van der Waals surface area contributed by atoms with Gasteiger partial charge in [0.1, 0.15) is 11.3 Å². The van der Waals surface area contributed by atoms with E-state index in [1.165, 1.54) is 24.4 Å². The Morgan fingerprint density at radius 1 is 1.19 bits per heavy atom. The molecule has 0 spiro atoms. The molecule has 8 nitrogen and oxygen atoms in total. The molecule has 0 bridgehead atoms. The predicted octanol–water partition coefficient (Wildman–Crippen LogP) is 3.14. The van der Waals surface area contributed by atoms with Gasteiger partial charge in [0.2, 0.25) is 0 Å². The molecular weight excluding hydrogens is 355 g/mol. The standard InChI is InChI=1S/C18H17FN4O4/c1-18(2,3)23-17(25)27-12-5-4-10(8-11(12)19)26-13-6-7-20-16-15(13)22-14(24)9-21-16/h4-9H,1-3H3,(H,22,24)(H,23,25). The fourth-order valence-corrected chi connectivity index (χ4v) is 2.20. The van der Waals surface area contributed by atoms with Crippen LogP contribution in [0.5, 0.6) is 17.2 Å². The van der Waals surface area contributed by atoms with E-state index in [2.05, 4.69) is 20.3 Å². The molecule has 3 rings (SSSR count). The van der Waals surface area contributed by atoms with Crippen LogP contribution in [0.1, 0.15) is 20.8 Å². The molecule has 0 radical (unpaired) electrons. The maximum Gasteiger partial charge on any atom is 0.413 e. The molecular formula is C18H17FN4O4. The molecule has 3 aromatic rings. The third-order valence-corrected chi connectivity index (χ3v) is 3.26. The number of amides is 1. The van der Waals surface area contributed by atoms with Crippen molar-refractivity contribution in [2.24, 2.45) is 0 Å². The first-order valence-corrected chi connectivity index (χ1v) is 8.03. The van der Waals surface area contributed by atoms with Crippen molar-refractivity contribution in [3.63, 3.8) is 0 Å². The van der Waals surface area contributed by atoms with Crippen LogP contribution < -0.4 is 20.3 Å². The Labute approximate surface area is 153 Å². The van der Waals surface area contributed by atoms with E-state index in [1.54, 1.807) is 20.8 Å². The van der Waals surface area contributed by atoms with Crippen LogP contribution in [0.2, 0.25) is 0 Å². The molecule has 0 unspecified atom stereocenters. The number of hydrogen-bond donors (Lipinski definition) is 2. The Morgan fingerprint density at radius 2 is 1.96 bits per heavy atom. The molecule has 2 aromatic heterocycles. The normalized spacial score (nSPS) is 11.3. The van der Waals surface area contributed by atoms with E-state index in [-0.39, 0.29) is 28.4 Å². The van der Waals surface area contributed by atoms with Gasteiger partial charge in [-0.25, -0.2) is 19.2 Å². The average Bonchev–Trinajstić information content (AvgIpc) is 2.56. The van der Waals surface area contributed by atoms with Gasteiger partial charge in [-0.05, 0) is 32.9 Å². The van der Waals surface area contributed by atoms with Gasteiger partial charge in [0.05, 0.1) is 6.20 Å². The number of benzene rings is 1. The van der Waals surface area contributed by atoms with Gasteiger partial charge in [-0.3, -0.25) is 4.79 Å². The van der Waals surface area contributed by atoms with Crippen molar-refractivity contribution in [2.45, 2.75) is 26.3 Å². The van der Waals surface area contributed by atoms with Crippen molar-refractivity contribution in [2.75, 3.05) is 0 Å². The molecule has 0 saturated heterocycles. The summed E-state index contributed by atoms with van der Waals surface area (Å²) in [6.45, 7) is 5.33. The molecule has 0 atom stereocenters. The smallest absolute Gasteiger partial charge is 0.413 e. The summed E-state index contributed by atoms with van der Waals surface area (Å²) in [5.74, 6) is -0.614. The minimum atomic E-state index is -0.776. The summed E-state index contributed by atoms with van der Waals surface area (Å²) in [7, 11) is 0. The number of fused-ring (bicyclic) bond motifs is 1. The summed E-state index contributed by atoms with van der Waals surface area (Å²) in [4.78, 5) is 33.7. The number of nitrogens with zero attached hydrogens (tertiary/aromatic N) is 2. The second kappa shape index (κ2) is 7.02. The Kier molecular flexibility index (Phi) is 4.76. The monoisotopic (exact) mass is 372 g/mol. The lowest BCUT2D eigenvalue weighted by atomic mass is 10.1. The lowest BCUT2D eigenvalue weighted by molar-refractivity contribution is 0.188. The Hall–Kier alpha value is -3.49. The van der Waals surface area contributed by atoms with Crippen LogP contribution in [0.3, 0.4) is 0 Å². The molecule has 0 aliphatic rings. The maximum absolute atomic E-state index is 14.3. The fraction of sp³-hybridized carbons (Fsp3) is 0.222. The van der Waals surface area contributed by atoms with E-state index in [9.17, 15) is 14.0 Å². The van der Waals surface area contributed by atoms with Gasteiger partial charge < -0.3 is 19.8 Å². The number of carbonyl (C=O) groups is 1. The number of hydrogen-bond acceptors (Lipinski definition) is 6. The van der Waals surface area contributed by atoms with Crippen LogP contribution in [-0.2, 0) is 0 Å². The number of halogens is 1. The number of pyridine rings is 1. The van der Waals surface area contributed by atoms with Gasteiger partial charge in [0, 0.05) is 23.9 Å². The van der Waals surface area contributed by atoms with Gasteiger partial charge in [-0.15, -0.1) is 0 Å². The number of aromatic nitrogens is 3. The van der Waals surface area contributed by atoms with Crippen LogP contribution in [0.4, 0.5) is 9.18 Å². The molecule has 0 saturated carbocycles. The summed E-state index contributed by atoms with van der Waals surface area (Å²) in [5, 5.41) is 2.57. The van der Waals surface area contributed by atoms with Crippen molar-refractivity contribution in [1.29, 1.82) is 0 Å². The van der Waals surface area contributed by atoms with E-state index in [4.69, 9.17) is 9.47 Å². The van der Waals surface area contributed by atoms with Crippen molar-refractivity contribution in [3.8, 4) is 17.2 Å². The van der Waals surface area contributed by atoms with Crippen molar-refractivity contribution in [1.82, 2.24) is 20.3 Å². The van der Waals surface area contributed by atoms with Crippen LogP contribution in [0.15, 0.2) is 41.5 Å². The Morgan fingerprint density at radius 3 is 2.67 bits per heavy atom. The Bertz CT molecular complexity index is 1060. The highest BCUT2D eigenvalue weighted by Crippen LogP contribution is 2.29. The highest BCUT2D eigenvalue weighted by molar-refractivity contribution is 5.77. The van der Waals surface area contributed by atoms with Gasteiger partial charge in [-0.2, -0.15) is 0 Å². The first-order valence-electron chi connectivity index (χ1n) is 8.03. The van der Waals surface area contributed by atoms with E-state index < -0.39 is 23.0 Å². The van der Waals surface area contributed by atoms with Crippen molar-refractivity contribution in [3.05, 3.63) is 52.8 Å². The minimum Gasteiger partial charge on any atom is -0.455 e.